The van der Waals surface area contributed by atoms with Crippen molar-refractivity contribution in [3.05, 3.63) is 60.8 Å². The van der Waals surface area contributed by atoms with Gasteiger partial charge in [-0.1, -0.05) is 190 Å². The number of esters is 2. The number of rotatable bonds is 37. The molecule has 0 aliphatic carbocycles. The molecule has 2 atom stereocenters. The van der Waals surface area contributed by atoms with Crippen molar-refractivity contribution in [3.63, 3.8) is 0 Å². The van der Waals surface area contributed by atoms with E-state index < -0.39 is 6.10 Å². The van der Waals surface area contributed by atoms with Crippen LogP contribution in [0.15, 0.2) is 60.8 Å². The molecule has 0 heterocycles. The zero-order valence-electron chi connectivity index (χ0n) is 33.0. The van der Waals surface area contributed by atoms with Gasteiger partial charge in [0, 0.05) is 12.8 Å². The summed E-state index contributed by atoms with van der Waals surface area (Å²) in [6.45, 7) is 3.77. The average Bonchev–Trinajstić information content (AvgIpc) is 3.13. The first-order valence-electron chi connectivity index (χ1n) is 21.0. The van der Waals surface area contributed by atoms with Gasteiger partial charge in [0.15, 0.2) is 6.10 Å². The first-order chi connectivity index (χ1) is 25.0. The van der Waals surface area contributed by atoms with Crippen LogP contribution in [0.25, 0.3) is 0 Å². The van der Waals surface area contributed by atoms with Crippen LogP contribution in [0, 0.1) is 0 Å². The Kier molecular flexibility index (Phi) is 38.4. The summed E-state index contributed by atoms with van der Waals surface area (Å²) in [5, 5.41) is 19.0. The summed E-state index contributed by atoms with van der Waals surface area (Å²) in [7, 11) is 0. The number of unbranched alkanes of at least 4 members (excludes halogenated alkanes) is 19. The highest BCUT2D eigenvalue weighted by molar-refractivity contribution is 5.70. The van der Waals surface area contributed by atoms with E-state index in [-0.39, 0.29) is 31.3 Å². The van der Waals surface area contributed by atoms with Gasteiger partial charge in [0.25, 0.3) is 0 Å². The Morgan fingerprint density at radius 1 is 0.549 bits per heavy atom. The van der Waals surface area contributed by atoms with E-state index in [9.17, 15) is 19.8 Å². The SMILES string of the molecule is CCCCCCCCCCCCCCCCCCCCCC(=O)O[C@@H](CO)COC(=O)CCC/C=C\C/C=C\C/C=C\C/C=C\C=C\[C@@H](O)CC. The Bertz CT molecular complexity index is 918. The summed E-state index contributed by atoms with van der Waals surface area (Å²) in [4.78, 5) is 24.3. The van der Waals surface area contributed by atoms with Crippen molar-refractivity contribution in [2.45, 2.75) is 199 Å². The van der Waals surface area contributed by atoms with E-state index in [1.165, 1.54) is 103 Å². The molecular weight excluding hydrogens is 636 g/mol. The molecule has 0 radical (unpaired) electrons. The number of hydrogen-bond acceptors (Lipinski definition) is 6. The summed E-state index contributed by atoms with van der Waals surface area (Å²) in [6.07, 6.45) is 49.6. The predicted molar refractivity (Wildman–Crippen MR) is 216 cm³/mol. The lowest BCUT2D eigenvalue weighted by Gasteiger charge is -2.15. The molecule has 0 amide bonds. The van der Waals surface area contributed by atoms with Crippen LogP contribution in [0.5, 0.6) is 0 Å². The zero-order valence-corrected chi connectivity index (χ0v) is 33.0. The maximum absolute atomic E-state index is 12.2. The maximum Gasteiger partial charge on any atom is 0.306 e. The second kappa shape index (κ2) is 40.3. The van der Waals surface area contributed by atoms with Gasteiger partial charge in [0.2, 0.25) is 0 Å². The lowest BCUT2D eigenvalue weighted by Crippen LogP contribution is -2.28. The largest absolute Gasteiger partial charge is 0.462 e. The molecule has 0 bridgehead atoms. The van der Waals surface area contributed by atoms with Gasteiger partial charge >= 0.3 is 11.9 Å². The highest BCUT2D eigenvalue weighted by Crippen LogP contribution is 2.15. The fraction of sp³-hybridized carbons (Fsp3) is 0.733. The Morgan fingerprint density at radius 3 is 1.49 bits per heavy atom. The van der Waals surface area contributed by atoms with Gasteiger partial charge in [-0.3, -0.25) is 9.59 Å². The topological polar surface area (TPSA) is 93.1 Å². The van der Waals surface area contributed by atoms with Crippen molar-refractivity contribution < 1.29 is 29.3 Å². The van der Waals surface area contributed by atoms with E-state index in [0.717, 1.165) is 51.4 Å². The van der Waals surface area contributed by atoms with Gasteiger partial charge in [-0.05, 0) is 44.9 Å². The third-order valence-corrected chi connectivity index (χ3v) is 8.98. The maximum atomic E-state index is 12.2. The minimum atomic E-state index is -0.803. The van der Waals surface area contributed by atoms with Gasteiger partial charge in [0.1, 0.15) is 6.61 Å². The van der Waals surface area contributed by atoms with Crippen molar-refractivity contribution >= 4 is 11.9 Å². The van der Waals surface area contributed by atoms with Crippen LogP contribution in [0.3, 0.4) is 0 Å². The van der Waals surface area contributed by atoms with Crippen LogP contribution in [0.4, 0.5) is 0 Å². The van der Waals surface area contributed by atoms with Gasteiger partial charge < -0.3 is 19.7 Å². The molecule has 0 aliphatic rings. The van der Waals surface area contributed by atoms with E-state index in [0.29, 0.717) is 19.3 Å². The zero-order chi connectivity index (χ0) is 37.3. The van der Waals surface area contributed by atoms with Gasteiger partial charge in [-0.25, -0.2) is 0 Å². The standard InChI is InChI=1S/C45H78O6/c1-3-5-6-7-8-9-10-11-12-13-14-15-16-21-24-27-30-33-36-39-45(49)51-43(40-46)41-50-44(48)38-35-32-29-26-23-20-18-17-19-22-25-28-31-34-37-42(47)4-2/h18-20,22,26,28-29,31,34,37,42-43,46-47H,3-17,21,23-25,27,30,32-33,35-36,38-41H2,1-2H3/b20-18-,22-19-,29-26-,31-28-,37-34+/t42-,43-/m0/s1. The van der Waals surface area contributed by atoms with E-state index in [2.05, 4.69) is 49.5 Å². The molecule has 0 spiro atoms. The first-order valence-corrected chi connectivity index (χ1v) is 21.0. The molecule has 6 nitrogen and oxygen atoms in total. The fourth-order valence-electron chi connectivity index (χ4n) is 5.66. The second-order valence-electron chi connectivity index (χ2n) is 13.9. The van der Waals surface area contributed by atoms with E-state index in [4.69, 9.17) is 9.47 Å². The summed E-state index contributed by atoms with van der Waals surface area (Å²) in [6, 6.07) is 0. The molecule has 0 aliphatic heterocycles. The monoisotopic (exact) mass is 715 g/mol. The molecule has 0 rings (SSSR count). The number of hydrogen-bond donors (Lipinski definition) is 2. The third kappa shape index (κ3) is 38.6. The van der Waals surface area contributed by atoms with Crippen LogP contribution in [0.2, 0.25) is 0 Å². The Balaban J connectivity index is 3.64. The number of carbonyl (C=O) groups is 2. The van der Waals surface area contributed by atoms with Crippen LogP contribution in [-0.2, 0) is 19.1 Å². The number of ether oxygens (including phenoxy) is 2. The minimum absolute atomic E-state index is 0.105. The predicted octanol–water partition coefficient (Wildman–Crippen LogP) is 12.1. The summed E-state index contributed by atoms with van der Waals surface area (Å²) in [5.74, 6) is -0.676. The number of carbonyl (C=O) groups excluding carboxylic acids is 2. The first kappa shape index (κ1) is 48.6. The lowest BCUT2D eigenvalue weighted by molar-refractivity contribution is -0.161. The molecule has 0 aromatic carbocycles. The van der Waals surface area contributed by atoms with Crippen LogP contribution in [0.1, 0.15) is 187 Å². The number of aliphatic hydroxyl groups is 2. The highest BCUT2D eigenvalue weighted by Gasteiger charge is 2.16. The third-order valence-electron chi connectivity index (χ3n) is 8.98. The normalized spacial score (nSPS) is 13.4. The summed E-state index contributed by atoms with van der Waals surface area (Å²) in [5.41, 5.74) is 0. The Morgan fingerprint density at radius 2 is 1.00 bits per heavy atom. The highest BCUT2D eigenvalue weighted by atomic mass is 16.6. The van der Waals surface area contributed by atoms with Crippen LogP contribution < -0.4 is 0 Å². The number of aliphatic hydroxyl groups excluding tert-OH is 2. The molecule has 0 saturated carbocycles. The minimum Gasteiger partial charge on any atom is -0.462 e. The fourth-order valence-corrected chi connectivity index (χ4v) is 5.66. The quantitative estimate of drug-likeness (QED) is 0.0288. The molecule has 0 fully saturated rings. The van der Waals surface area contributed by atoms with Gasteiger partial charge in [-0.2, -0.15) is 0 Å². The Labute approximate surface area is 313 Å². The van der Waals surface area contributed by atoms with E-state index >= 15 is 0 Å². The van der Waals surface area contributed by atoms with Crippen LogP contribution in [-0.4, -0.2) is 47.6 Å². The van der Waals surface area contributed by atoms with Crippen molar-refractivity contribution in [3.8, 4) is 0 Å². The summed E-state index contributed by atoms with van der Waals surface area (Å²) < 4.78 is 10.6. The summed E-state index contributed by atoms with van der Waals surface area (Å²) >= 11 is 0. The Hall–Kier alpha value is -2.44. The number of allylic oxidation sites excluding steroid dienone is 9. The molecule has 6 heteroatoms. The molecule has 0 unspecified atom stereocenters. The average molecular weight is 715 g/mol. The lowest BCUT2D eigenvalue weighted by atomic mass is 10.0. The smallest absolute Gasteiger partial charge is 0.306 e. The van der Waals surface area contributed by atoms with Gasteiger partial charge in [0.05, 0.1) is 12.7 Å². The van der Waals surface area contributed by atoms with Crippen molar-refractivity contribution in [1.82, 2.24) is 0 Å². The molecule has 0 saturated heterocycles. The second-order valence-corrected chi connectivity index (χ2v) is 13.9. The molecule has 0 aromatic heterocycles. The van der Waals surface area contributed by atoms with Gasteiger partial charge in [-0.15, -0.1) is 0 Å². The van der Waals surface area contributed by atoms with Crippen molar-refractivity contribution in [2.75, 3.05) is 13.2 Å². The van der Waals surface area contributed by atoms with E-state index in [1.807, 2.05) is 19.1 Å². The van der Waals surface area contributed by atoms with Crippen molar-refractivity contribution in [1.29, 1.82) is 0 Å². The van der Waals surface area contributed by atoms with E-state index in [1.54, 1.807) is 6.08 Å². The molecule has 51 heavy (non-hydrogen) atoms. The van der Waals surface area contributed by atoms with Crippen molar-refractivity contribution in [2.24, 2.45) is 0 Å². The molecule has 2 N–H and O–H groups in total. The molecule has 294 valence electrons. The van der Waals surface area contributed by atoms with Crippen LogP contribution >= 0.6 is 0 Å². The molecular formula is C45H78O6. The molecule has 0 aromatic rings.